The molecular formula is C38H38Cl2N6O3. The summed E-state index contributed by atoms with van der Waals surface area (Å²) in [5.41, 5.74) is 6.03. The summed E-state index contributed by atoms with van der Waals surface area (Å²) in [6.07, 6.45) is 7.08. The second-order valence-corrected chi connectivity index (χ2v) is 13.4. The highest BCUT2D eigenvalue weighted by molar-refractivity contribution is 6.39. The van der Waals surface area contributed by atoms with Gasteiger partial charge in [-0.3, -0.25) is 9.59 Å². The van der Waals surface area contributed by atoms with Crippen LogP contribution >= 0.6 is 23.2 Å². The van der Waals surface area contributed by atoms with Crippen molar-refractivity contribution in [1.82, 2.24) is 30.8 Å². The van der Waals surface area contributed by atoms with Crippen molar-refractivity contribution in [2.75, 3.05) is 20.2 Å². The Labute approximate surface area is 295 Å². The van der Waals surface area contributed by atoms with Gasteiger partial charge in [-0.2, -0.15) is 0 Å². The fourth-order valence-corrected chi connectivity index (χ4v) is 7.32. The molecule has 0 saturated carbocycles. The average Bonchev–Trinajstić information content (AvgIpc) is 3.84. The molecule has 9 nitrogen and oxygen atoms in total. The zero-order chi connectivity index (χ0) is 33.9. The van der Waals surface area contributed by atoms with Gasteiger partial charge in [0, 0.05) is 91.1 Å². The molecule has 2 aliphatic heterocycles. The number of nitrogens with one attached hydrogen (secondary N) is 4. The Morgan fingerprint density at radius 3 is 2.14 bits per heavy atom. The molecule has 49 heavy (non-hydrogen) atoms. The van der Waals surface area contributed by atoms with Crippen LogP contribution in [0.2, 0.25) is 10.0 Å². The Balaban J connectivity index is 1.09. The maximum Gasteiger partial charge on any atom is 0.220 e. The number of halogens is 2. The van der Waals surface area contributed by atoms with E-state index in [-0.39, 0.29) is 23.9 Å². The molecule has 2 aliphatic rings. The number of rotatable bonds is 12. The van der Waals surface area contributed by atoms with Crippen molar-refractivity contribution in [1.29, 1.82) is 0 Å². The van der Waals surface area contributed by atoms with Gasteiger partial charge in [-0.25, -0.2) is 4.98 Å². The van der Waals surface area contributed by atoms with Crippen LogP contribution in [0.1, 0.15) is 36.8 Å². The first-order valence-corrected chi connectivity index (χ1v) is 17.3. The third-order valence-electron chi connectivity index (χ3n) is 9.26. The summed E-state index contributed by atoms with van der Waals surface area (Å²) in [7, 11) is 1.61. The van der Waals surface area contributed by atoms with E-state index in [2.05, 4.69) is 56.4 Å². The average molecular weight is 698 g/mol. The van der Waals surface area contributed by atoms with E-state index in [1.165, 1.54) is 5.56 Å². The van der Waals surface area contributed by atoms with Crippen molar-refractivity contribution in [3.63, 3.8) is 0 Å². The summed E-state index contributed by atoms with van der Waals surface area (Å²) in [6, 6.07) is 22.6. The molecule has 5 aromatic rings. The van der Waals surface area contributed by atoms with Crippen LogP contribution < -0.4 is 26.0 Å². The maximum absolute atomic E-state index is 11.5. The molecule has 2 amide bonds. The third kappa shape index (κ3) is 7.31. The first-order chi connectivity index (χ1) is 23.9. The first-order valence-electron chi connectivity index (χ1n) is 16.6. The summed E-state index contributed by atoms with van der Waals surface area (Å²) in [5.74, 6) is 0.754. The first kappa shape index (κ1) is 33.1. The number of nitrogens with zero attached hydrogens (tertiary/aromatic N) is 2. The number of methoxy groups -OCH3 is 1. The number of carbonyl (C=O) groups excluding carboxylic acids is 2. The number of amides is 2. The zero-order valence-electron chi connectivity index (χ0n) is 27.2. The minimum Gasteiger partial charge on any atom is -0.481 e. The minimum absolute atomic E-state index is 0.105. The van der Waals surface area contributed by atoms with Crippen LogP contribution in [0.4, 0.5) is 0 Å². The summed E-state index contributed by atoms with van der Waals surface area (Å²) in [6.45, 7) is 2.73. The Hall–Kier alpha value is -4.41. The molecule has 0 spiro atoms. The van der Waals surface area contributed by atoms with Crippen molar-refractivity contribution in [3.05, 3.63) is 100 Å². The molecule has 2 atom stereocenters. The van der Waals surface area contributed by atoms with Crippen LogP contribution in [-0.4, -0.2) is 53.6 Å². The van der Waals surface area contributed by atoms with E-state index in [0.29, 0.717) is 47.6 Å². The second kappa shape index (κ2) is 14.6. The standard InChI is InChI=1S/C38H38Cl2N6O3/c1-49-38-24(18-42-20-28-12-15-35(48)44-28)10-13-32(45-38)31-6-2-4-29(36(31)39)30-5-3-7-33(37(30)40)46-21-25-9-8-23(16-26(25)22-46)17-41-19-27-11-14-34(47)43-27/h2-10,13,16,21-22,27-28,41-42H,11-12,14-15,17-20H2,1H3,(H,43,47)(H,44,48)/t27-,28+/m0/s1. The number of aromatic nitrogens is 2. The maximum atomic E-state index is 11.5. The Morgan fingerprint density at radius 2 is 1.45 bits per heavy atom. The fourth-order valence-electron chi connectivity index (χ4n) is 6.67. The SMILES string of the molecule is COc1nc(-c2cccc(-c3cccc(-n4cc5ccc(CNC[C@@H]6CCC(=O)N6)cc5c4)c3Cl)c2Cl)ccc1CNC[C@H]1CCC(=O)N1. The highest BCUT2D eigenvalue weighted by Crippen LogP contribution is 2.41. The molecule has 0 aliphatic carbocycles. The summed E-state index contributed by atoms with van der Waals surface area (Å²) >= 11 is 14.2. The van der Waals surface area contributed by atoms with Crippen molar-refractivity contribution in [2.24, 2.45) is 0 Å². The molecule has 4 N–H and O–H groups in total. The monoisotopic (exact) mass is 696 g/mol. The molecule has 2 aromatic heterocycles. The van der Waals surface area contributed by atoms with Crippen LogP contribution in [-0.2, 0) is 22.7 Å². The van der Waals surface area contributed by atoms with Crippen LogP contribution in [0, 0.1) is 0 Å². The molecule has 11 heteroatoms. The molecule has 0 radical (unpaired) electrons. The van der Waals surface area contributed by atoms with Crippen LogP contribution in [0.5, 0.6) is 5.88 Å². The largest absolute Gasteiger partial charge is 0.481 e. The lowest BCUT2D eigenvalue weighted by Gasteiger charge is -2.16. The van der Waals surface area contributed by atoms with Gasteiger partial charge < -0.3 is 30.6 Å². The lowest BCUT2D eigenvalue weighted by molar-refractivity contribution is -0.120. The van der Waals surface area contributed by atoms with Gasteiger partial charge in [0.05, 0.1) is 28.5 Å². The number of ether oxygens (including phenoxy) is 1. The second-order valence-electron chi connectivity index (χ2n) is 12.7. The molecule has 3 aromatic carbocycles. The summed E-state index contributed by atoms with van der Waals surface area (Å²) < 4.78 is 7.71. The van der Waals surface area contributed by atoms with Gasteiger partial charge in [-0.05, 0) is 42.0 Å². The van der Waals surface area contributed by atoms with Crippen LogP contribution in [0.25, 0.3) is 38.8 Å². The lowest BCUT2D eigenvalue weighted by Crippen LogP contribution is -2.35. The van der Waals surface area contributed by atoms with Gasteiger partial charge >= 0.3 is 0 Å². The van der Waals surface area contributed by atoms with Gasteiger partial charge in [0.2, 0.25) is 17.7 Å². The fraction of sp³-hybridized carbons (Fsp3) is 0.289. The van der Waals surface area contributed by atoms with E-state index in [4.69, 9.17) is 32.9 Å². The number of hydrogen-bond donors (Lipinski definition) is 4. The Kier molecular flexibility index (Phi) is 9.86. The van der Waals surface area contributed by atoms with Crippen LogP contribution in [0.15, 0.2) is 79.1 Å². The molecular weight excluding hydrogens is 659 g/mol. The van der Waals surface area contributed by atoms with E-state index in [0.717, 1.165) is 64.6 Å². The highest BCUT2D eigenvalue weighted by atomic mass is 35.5. The van der Waals surface area contributed by atoms with Gasteiger partial charge in [-0.1, -0.05) is 71.7 Å². The minimum atomic E-state index is 0.105. The predicted molar refractivity (Wildman–Crippen MR) is 194 cm³/mol. The van der Waals surface area contributed by atoms with Crippen molar-refractivity contribution < 1.29 is 14.3 Å². The van der Waals surface area contributed by atoms with Gasteiger partial charge in [0.1, 0.15) is 0 Å². The Morgan fingerprint density at radius 1 is 0.796 bits per heavy atom. The molecule has 7 rings (SSSR count). The number of benzene rings is 3. The van der Waals surface area contributed by atoms with E-state index in [1.807, 2.05) is 48.5 Å². The van der Waals surface area contributed by atoms with Crippen LogP contribution in [0.3, 0.4) is 0 Å². The Bertz CT molecular complexity index is 2030. The van der Waals surface area contributed by atoms with Gasteiger partial charge in [0.25, 0.3) is 0 Å². The summed E-state index contributed by atoms with van der Waals surface area (Å²) in [5, 5.41) is 16.2. The molecule has 2 saturated heterocycles. The van der Waals surface area contributed by atoms with E-state index in [1.54, 1.807) is 7.11 Å². The molecule has 2 fully saturated rings. The van der Waals surface area contributed by atoms with E-state index in [9.17, 15) is 9.59 Å². The molecule has 4 heterocycles. The highest BCUT2D eigenvalue weighted by Gasteiger charge is 2.22. The summed E-state index contributed by atoms with van der Waals surface area (Å²) in [4.78, 5) is 27.8. The smallest absolute Gasteiger partial charge is 0.220 e. The number of carbonyl (C=O) groups is 2. The zero-order valence-corrected chi connectivity index (χ0v) is 28.7. The number of hydrogen-bond acceptors (Lipinski definition) is 6. The van der Waals surface area contributed by atoms with E-state index >= 15 is 0 Å². The predicted octanol–water partition coefficient (Wildman–Crippen LogP) is 6.41. The van der Waals surface area contributed by atoms with E-state index < -0.39 is 0 Å². The van der Waals surface area contributed by atoms with Crippen molar-refractivity contribution >= 4 is 45.8 Å². The molecule has 252 valence electrons. The quantitative estimate of drug-likeness (QED) is 0.120. The number of pyridine rings is 1. The van der Waals surface area contributed by atoms with Crippen molar-refractivity contribution in [2.45, 2.75) is 50.9 Å². The molecule has 0 unspecified atom stereocenters. The van der Waals surface area contributed by atoms with Crippen molar-refractivity contribution in [3.8, 4) is 34.0 Å². The topological polar surface area (TPSA) is 109 Å². The third-order valence-corrected chi connectivity index (χ3v) is 10.1. The van der Waals surface area contributed by atoms with Gasteiger partial charge in [-0.15, -0.1) is 0 Å². The number of fused-ring (bicyclic) bond motifs is 1. The lowest BCUT2D eigenvalue weighted by atomic mass is 10.00. The van der Waals surface area contributed by atoms with Gasteiger partial charge in [0.15, 0.2) is 0 Å². The molecule has 0 bridgehead atoms. The normalized spacial score (nSPS) is 17.4.